The summed E-state index contributed by atoms with van der Waals surface area (Å²) in [6.07, 6.45) is -2.41. The lowest BCUT2D eigenvalue weighted by Crippen LogP contribution is -2.33. The topological polar surface area (TPSA) is 245 Å². The molecule has 0 radical (unpaired) electrons. The molecule has 5 atom stereocenters. The summed E-state index contributed by atoms with van der Waals surface area (Å²) in [5, 5.41) is 29.3. The van der Waals surface area contributed by atoms with E-state index < -0.39 is 59.0 Å². The number of phosphoric acid groups is 2. The third kappa shape index (κ3) is 6.30. The molecule has 17 nitrogen and oxygen atoms in total. The van der Waals surface area contributed by atoms with Crippen LogP contribution in [0.3, 0.4) is 0 Å². The van der Waals surface area contributed by atoms with E-state index in [1.165, 1.54) is 21.8 Å². The van der Waals surface area contributed by atoms with Crippen molar-refractivity contribution in [3.05, 3.63) is 23.0 Å². The normalized spacial score (nSPS) is 25.5. The number of imidazole rings is 1. The molecule has 2 aromatic rings. The number of ether oxygens (including phenoxy) is 2. The highest BCUT2D eigenvalue weighted by molar-refractivity contribution is 7.60. The summed E-state index contributed by atoms with van der Waals surface area (Å²) < 4.78 is 42.8. The maximum atomic E-state index is 12.6. The first-order chi connectivity index (χ1) is 15.4. The summed E-state index contributed by atoms with van der Waals surface area (Å²) in [6, 6.07) is 0. The van der Waals surface area contributed by atoms with Crippen molar-refractivity contribution in [1.29, 1.82) is 0 Å². The highest BCUT2D eigenvalue weighted by Crippen LogP contribution is 2.57. The van der Waals surface area contributed by atoms with E-state index in [1.807, 2.05) is 0 Å². The molecule has 33 heavy (non-hydrogen) atoms. The largest absolute Gasteiger partial charge is 0.481 e. The second-order valence-electron chi connectivity index (χ2n) is 6.78. The van der Waals surface area contributed by atoms with Crippen LogP contribution in [-0.2, 0) is 34.0 Å². The Labute approximate surface area is 184 Å². The highest BCUT2D eigenvalue weighted by atomic mass is 31.3. The van der Waals surface area contributed by atoms with Gasteiger partial charge in [0, 0.05) is 0 Å². The summed E-state index contributed by atoms with van der Waals surface area (Å²) >= 11 is 0. The van der Waals surface area contributed by atoms with Gasteiger partial charge >= 0.3 is 15.6 Å². The molecule has 0 bridgehead atoms. The van der Waals surface area contributed by atoms with Crippen LogP contribution in [0.5, 0.6) is 0 Å². The van der Waals surface area contributed by atoms with Gasteiger partial charge in [-0.25, -0.2) is 19.1 Å². The summed E-state index contributed by atoms with van der Waals surface area (Å²) in [5.74, 6) is 0. The summed E-state index contributed by atoms with van der Waals surface area (Å²) in [4.78, 5) is 46.8. The van der Waals surface area contributed by atoms with Crippen molar-refractivity contribution in [3.63, 3.8) is 0 Å². The van der Waals surface area contributed by atoms with E-state index >= 15 is 0 Å². The number of nitrogens with zero attached hydrogens (tertiary/aromatic N) is 4. The minimum absolute atomic E-state index is 0.0122. The molecule has 2 aromatic heterocycles. The average Bonchev–Trinajstić information content (AvgIpc) is 3.26. The van der Waals surface area contributed by atoms with Crippen molar-refractivity contribution in [2.75, 3.05) is 26.4 Å². The van der Waals surface area contributed by atoms with Gasteiger partial charge in [-0.2, -0.15) is 4.31 Å². The second-order valence-corrected chi connectivity index (χ2v) is 9.61. The number of aromatic nitrogens is 4. The monoisotopic (exact) mass is 516 g/mol. The van der Waals surface area contributed by atoms with Crippen LogP contribution in [-0.4, -0.2) is 93.8 Å². The molecule has 0 saturated carbocycles. The Morgan fingerprint density at radius 1 is 1.06 bits per heavy atom. The molecule has 0 aromatic carbocycles. The van der Waals surface area contributed by atoms with E-state index in [0.717, 1.165) is 0 Å². The lowest BCUT2D eigenvalue weighted by Gasteiger charge is -2.16. The Kier molecular flexibility index (Phi) is 8.16. The van der Waals surface area contributed by atoms with Crippen LogP contribution in [0, 0.1) is 0 Å². The zero-order chi connectivity index (χ0) is 24.4. The van der Waals surface area contributed by atoms with Gasteiger partial charge in [-0.05, 0) is 0 Å². The summed E-state index contributed by atoms with van der Waals surface area (Å²) in [7, 11) is -10.2. The summed E-state index contributed by atoms with van der Waals surface area (Å²) in [6.45, 7) is -1.33. The van der Waals surface area contributed by atoms with Crippen LogP contribution in [0.2, 0.25) is 0 Å². The number of hydrogen-bond donors (Lipinski definition) is 6. The van der Waals surface area contributed by atoms with Crippen LogP contribution >= 0.6 is 15.6 Å². The van der Waals surface area contributed by atoms with Crippen molar-refractivity contribution >= 4 is 26.8 Å². The molecule has 3 rings (SSSR count). The van der Waals surface area contributed by atoms with Crippen LogP contribution in [0.15, 0.2) is 17.4 Å². The van der Waals surface area contributed by atoms with Crippen LogP contribution in [0.1, 0.15) is 6.23 Å². The average molecular weight is 516 g/mol. The zero-order valence-electron chi connectivity index (χ0n) is 16.7. The van der Waals surface area contributed by atoms with E-state index in [9.17, 15) is 29.2 Å². The predicted molar refractivity (Wildman–Crippen MR) is 105 cm³/mol. The molecule has 1 aliphatic rings. The molecule has 1 aliphatic heterocycles. The van der Waals surface area contributed by atoms with Crippen molar-refractivity contribution in [2.24, 2.45) is 0 Å². The molecular weight excluding hydrogens is 494 g/mol. The second kappa shape index (κ2) is 10.4. The Balaban J connectivity index is 1.56. The molecule has 1 saturated heterocycles. The van der Waals surface area contributed by atoms with Crippen molar-refractivity contribution in [2.45, 2.75) is 31.1 Å². The number of fused-ring (bicyclic) bond motifs is 1. The highest BCUT2D eigenvalue weighted by Gasteiger charge is 2.44. The lowest BCUT2D eigenvalue weighted by atomic mass is 10.1. The Bertz CT molecular complexity index is 1120. The standard InChI is InChI=1S/C14H22N4O13P2/c19-5-8-10(20)11(21)14(30-8)18-7-15-9-12(18)16-6-17(13(9)22)1-2-28-3-4-29-33(26,27)31-32(23,24)25/h6-8,10-11,14,19-21H,1-5H2,(H,26,27)(H2,23,24,25)/t8-,10-,11-,14-/m1/s1. The van der Waals surface area contributed by atoms with Crippen LogP contribution < -0.4 is 5.56 Å². The number of aliphatic hydroxyl groups excluding tert-OH is 3. The minimum Gasteiger partial charge on any atom is -0.394 e. The molecule has 1 fully saturated rings. The van der Waals surface area contributed by atoms with Gasteiger partial charge in [0.15, 0.2) is 17.4 Å². The number of phosphoric ester groups is 1. The van der Waals surface area contributed by atoms with Crippen molar-refractivity contribution < 1.29 is 57.4 Å². The third-order valence-electron chi connectivity index (χ3n) is 4.51. The van der Waals surface area contributed by atoms with Crippen molar-refractivity contribution in [1.82, 2.24) is 19.1 Å². The van der Waals surface area contributed by atoms with E-state index in [0.29, 0.717) is 0 Å². The van der Waals surface area contributed by atoms with Gasteiger partial charge in [-0.15, -0.1) is 0 Å². The number of hydrogen-bond acceptors (Lipinski definition) is 12. The Morgan fingerprint density at radius 2 is 1.79 bits per heavy atom. The fraction of sp³-hybridized carbons (Fsp3) is 0.643. The molecule has 19 heteroatoms. The van der Waals surface area contributed by atoms with Crippen LogP contribution in [0.4, 0.5) is 0 Å². The number of rotatable bonds is 11. The molecule has 186 valence electrons. The lowest BCUT2D eigenvalue weighted by molar-refractivity contribution is -0.0511. The van der Waals surface area contributed by atoms with Gasteiger partial charge in [0.2, 0.25) is 0 Å². The molecular formula is C14H22N4O13P2. The molecule has 0 amide bonds. The van der Waals surface area contributed by atoms with E-state index in [4.69, 9.17) is 24.2 Å². The summed E-state index contributed by atoms with van der Waals surface area (Å²) in [5.41, 5.74) is -0.501. The van der Waals surface area contributed by atoms with E-state index in [2.05, 4.69) is 18.8 Å². The molecule has 1 unspecified atom stereocenters. The minimum atomic E-state index is -5.21. The molecule has 0 spiro atoms. The van der Waals surface area contributed by atoms with Crippen LogP contribution in [0.25, 0.3) is 11.2 Å². The maximum absolute atomic E-state index is 12.6. The van der Waals surface area contributed by atoms with Gasteiger partial charge < -0.3 is 39.5 Å². The van der Waals surface area contributed by atoms with Crippen molar-refractivity contribution in [3.8, 4) is 0 Å². The molecule has 0 aliphatic carbocycles. The molecule has 6 N–H and O–H groups in total. The predicted octanol–water partition coefficient (Wildman–Crippen LogP) is -2.55. The van der Waals surface area contributed by atoms with E-state index in [1.54, 1.807) is 0 Å². The molecule has 3 heterocycles. The Morgan fingerprint density at radius 3 is 2.42 bits per heavy atom. The Hall–Kier alpha value is -1.59. The zero-order valence-corrected chi connectivity index (χ0v) is 18.5. The van der Waals surface area contributed by atoms with E-state index in [-0.39, 0.29) is 30.9 Å². The first kappa shape index (κ1) is 26.0. The fourth-order valence-electron chi connectivity index (χ4n) is 3.04. The maximum Gasteiger partial charge on any atom is 0.481 e. The SMILES string of the molecule is O=c1c2ncn([C@@H]3O[C@H](CO)[C@@H](O)[C@H]3O)c2ncn1CCOCCOP(=O)(O)OP(=O)(O)O. The number of aliphatic hydroxyl groups is 3. The van der Waals surface area contributed by atoms with Gasteiger partial charge in [0.1, 0.15) is 24.6 Å². The quantitative estimate of drug-likeness (QED) is 0.133. The first-order valence-corrected chi connectivity index (χ1v) is 12.3. The smallest absolute Gasteiger partial charge is 0.394 e. The van der Waals surface area contributed by atoms with Gasteiger partial charge in [-0.1, -0.05) is 0 Å². The van der Waals surface area contributed by atoms with Gasteiger partial charge in [0.25, 0.3) is 5.56 Å². The third-order valence-corrected chi connectivity index (χ3v) is 6.70. The first-order valence-electron chi connectivity index (χ1n) is 9.30. The fourth-order valence-corrected chi connectivity index (χ4v) is 4.61. The van der Waals surface area contributed by atoms with Gasteiger partial charge in [0.05, 0.1) is 39.3 Å². The van der Waals surface area contributed by atoms with Gasteiger partial charge in [-0.3, -0.25) is 18.5 Å².